The number of nitrogens with one attached hydrogen (secondary N) is 2. The van der Waals surface area contributed by atoms with Crippen LogP contribution in [0.3, 0.4) is 0 Å². The number of carbonyl (C=O) groups excluding carboxylic acids is 2. The van der Waals surface area contributed by atoms with Crippen LogP contribution < -0.4 is 24.8 Å². The zero-order valence-electron chi connectivity index (χ0n) is 23.9. The predicted octanol–water partition coefficient (Wildman–Crippen LogP) is 4.36. The Labute approximate surface area is 249 Å². The molecule has 1 fully saturated rings. The molecule has 1 aliphatic heterocycles. The van der Waals surface area contributed by atoms with Gasteiger partial charge in [0, 0.05) is 61.5 Å². The Bertz CT molecular complexity index is 1660. The Hall–Kier alpha value is -5.18. The van der Waals surface area contributed by atoms with Crippen molar-refractivity contribution in [1.29, 1.82) is 0 Å². The average molecular weight is 582 g/mol. The first-order chi connectivity index (χ1) is 21.0. The third-order valence-electron chi connectivity index (χ3n) is 6.68. The first-order valence-electron chi connectivity index (χ1n) is 13.7. The van der Waals surface area contributed by atoms with Gasteiger partial charge >= 0.3 is 0 Å². The number of hydrogen-bond acceptors (Lipinski definition) is 9. The van der Waals surface area contributed by atoms with E-state index in [1.807, 2.05) is 0 Å². The van der Waals surface area contributed by atoms with Crippen LogP contribution in [-0.4, -0.2) is 73.7 Å². The van der Waals surface area contributed by atoms with Crippen molar-refractivity contribution in [2.75, 3.05) is 57.7 Å². The maximum atomic E-state index is 12.7. The molecular weight excluding hydrogens is 550 g/mol. The number of fused-ring (bicyclic) bond motifs is 1. The third-order valence-corrected chi connectivity index (χ3v) is 6.68. The van der Waals surface area contributed by atoms with Crippen molar-refractivity contribution < 1.29 is 28.5 Å². The fourth-order valence-corrected chi connectivity index (χ4v) is 4.44. The minimum absolute atomic E-state index is 0.321. The van der Waals surface area contributed by atoms with Gasteiger partial charge in [0.15, 0.2) is 0 Å². The van der Waals surface area contributed by atoms with Gasteiger partial charge in [-0.1, -0.05) is 5.92 Å². The number of hydrogen-bond donors (Lipinski definition) is 2. The van der Waals surface area contributed by atoms with Gasteiger partial charge in [-0.2, -0.15) is 0 Å². The van der Waals surface area contributed by atoms with Crippen LogP contribution in [0.15, 0.2) is 67.0 Å². The van der Waals surface area contributed by atoms with Gasteiger partial charge in [0.05, 0.1) is 38.6 Å². The quantitative estimate of drug-likeness (QED) is 0.278. The molecule has 3 heterocycles. The van der Waals surface area contributed by atoms with E-state index < -0.39 is 5.91 Å². The number of carbonyl (C=O) groups is 2. The molecule has 2 N–H and O–H groups in total. The number of methoxy groups -OCH3 is 2. The van der Waals surface area contributed by atoms with Crippen molar-refractivity contribution in [3.63, 3.8) is 0 Å². The van der Waals surface area contributed by atoms with Gasteiger partial charge in [-0.15, -0.1) is 0 Å². The molecule has 43 heavy (non-hydrogen) atoms. The lowest BCUT2D eigenvalue weighted by Gasteiger charge is -2.25. The van der Waals surface area contributed by atoms with E-state index in [2.05, 4.69) is 37.3 Å². The summed E-state index contributed by atoms with van der Waals surface area (Å²) in [6, 6.07) is 15.2. The zero-order chi connectivity index (χ0) is 30.0. The fraction of sp³-hybridized carbons (Fsp3) is 0.250. The topological polar surface area (TPSA) is 124 Å². The van der Waals surface area contributed by atoms with E-state index in [0.29, 0.717) is 57.4 Å². The number of pyridine rings is 2. The lowest BCUT2D eigenvalue weighted by Crippen LogP contribution is -2.36. The van der Waals surface area contributed by atoms with Crippen molar-refractivity contribution in [3.8, 4) is 34.8 Å². The van der Waals surface area contributed by atoms with Crippen LogP contribution in [0.5, 0.6) is 23.0 Å². The number of nitrogens with zero attached hydrogens (tertiary/aromatic N) is 3. The van der Waals surface area contributed by atoms with Gasteiger partial charge in [0.1, 0.15) is 28.8 Å². The van der Waals surface area contributed by atoms with E-state index in [-0.39, 0.29) is 5.91 Å². The molecular formula is C32H31N5O6. The van der Waals surface area contributed by atoms with Crippen molar-refractivity contribution in [3.05, 3.63) is 72.6 Å². The Morgan fingerprint density at radius 1 is 0.907 bits per heavy atom. The lowest BCUT2D eigenvalue weighted by atomic mass is 10.1. The van der Waals surface area contributed by atoms with Gasteiger partial charge < -0.3 is 29.6 Å². The van der Waals surface area contributed by atoms with E-state index in [9.17, 15) is 9.59 Å². The van der Waals surface area contributed by atoms with Gasteiger partial charge in [0.25, 0.3) is 11.8 Å². The summed E-state index contributed by atoms with van der Waals surface area (Å²) in [6.45, 7) is 3.99. The largest absolute Gasteiger partial charge is 0.497 e. The minimum atomic E-state index is -0.441. The summed E-state index contributed by atoms with van der Waals surface area (Å²) < 4.78 is 22.2. The first kappa shape index (κ1) is 29.3. The summed E-state index contributed by atoms with van der Waals surface area (Å²) in [4.78, 5) is 36.1. The number of benzene rings is 2. The molecule has 2 aromatic carbocycles. The van der Waals surface area contributed by atoms with Crippen LogP contribution in [0, 0.1) is 11.8 Å². The Morgan fingerprint density at radius 2 is 1.70 bits per heavy atom. The summed E-state index contributed by atoms with van der Waals surface area (Å²) in [7, 11) is 3.07. The minimum Gasteiger partial charge on any atom is -0.497 e. The van der Waals surface area contributed by atoms with Gasteiger partial charge in [-0.05, 0) is 48.4 Å². The second-order valence-corrected chi connectivity index (χ2v) is 9.50. The number of aromatic nitrogens is 2. The number of morpholine rings is 1. The number of rotatable bonds is 9. The Kier molecular flexibility index (Phi) is 9.63. The molecule has 0 unspecified atom stereocenters. The van der Waals surface area contributed by atoms with Gasteiger partial charge in [-0.25, -0.2) is 4.98 Å². The summed E-state index contributed by atoms with van der Waals surface area (Å²) in [5.74, 6) is 7.27. The standard InChI is InChI=1S/C32H31N5O6/c1-40-24-10-12-34-30(19-24)36-32(39)22-6-8-23(9-7-22)43-28-11-13-33-26-21-29(41-2)27(20-25(26)28)35-31(38)5-3-4-14-37-15-17-42-18-16-37/h6-13,19-21H,4,14-18H2,1-2H3,(H,35,38)(H,34,36,39). The van der Waals surface area contributed by atoms with Crippen molar-refractivity contribution in [1.82, 2.24) is 14.9 Å². The molecule has 2 aromatic heterocycles. The van der Waals surface area contributed by atoms with Crippen molar-refractivity contribution in [2.24, 2.45) is 0 Å². The molecule has 2 amide bonds. The summed E-state index contributed by atoms with van der Waals surface area (Å²) in [5, 5.41) is 6.22. The molecule has 0 atom stereocenters. The van der Waals surface area contributed by atoms with Crippen LogP contribution >= 0.6 is 0 Å². The summed E-state index contributed by atoms with van der Waals surface area (Å²) in [6.07, 6.45) is 3.76. The fourth-order valence-electron chi connectivity index (χ4n) is 4.44. The van der Waals surface area contributed by atoms with Crippen molar-refractivity contribution >= 4 is 34.2 Å². The molecule has 0 aliphatic carbocycles. The highest BCUT2D eigenvalue weighted by molar-refractivity contribution is 6.06. The smallest absolute Gasteiger partial charge is 0.300 e. The second-order valence-electron chi connectivity index (χ2n) is 9.50. The number of amides is 2. The highest BCUT2D eigenvalue weighted by atomic mass is 16.5. The van der Waals surface area contributed by atoms with E-state index in [0.717, 1.165) is 32.8 Å². The van der Waals surface area contributed by atoms with Crippen molar-refractivity contribution in [2.45, 2.75) is 6.42 Å². The van der Waals surface area contributed by atoms with Gasteiger partial charge in [-0.3, -0.25) is 19.5 Å². The zero-order valence-corrected chi connectivity index (χ0v) is 23.9. The SMILES string of the molecule is COc1ccnc(NC(=O)c2ccc(Oc3ccnc4cc(OC)c(NC(=O)C#CCCN5CCOCC5)cc34)cc2)c1. The monoisotopic (exact) mass is 581 g/mol. The molecule has 4 aromatic rings. The molecule has 11 heteroatoms. The highest BCUT2D eigenvalue weighted by Crippen LogP contribution is 2.35. The Morgan fingerprint density at radius 3 is 2.47 bits per heavy atom. The normalized spacial score (nSPS) is 13.0. The van der Waals surface area contributed by atoms with Crippen LogP contribution in [0.2, 0.25) is 0 Å². The molecule has 0 bridgehead atoms. The third kappa shape index (κ3) is 7.77. The maximum Gasteiger partial charge on any atom is 0.300 e. The predicted molar refractivity (Wildman–Crippen MR) is 162 cm³/mol. The van der Waals surface area contributed by atoms with Crippen LogP contribution in [0.1, 0.15) is 16.8 Å². The Balaban J connectivity index is 1.27. The molecule has 11 nitrogen and oxygen atoms in total. The molecule has 1 saturated heterocycles. The average Bonchev–Trinajstić information content (AvgIpc) is 3.04. The van der Waals surface area contributed by atoms with E-state index in [4.69, 9.17) is 18.9 Å². The maximum absolute atomic E-state index is 12.7. The summed E-state index contributed by atoms with van der Waals surface area (Å²) >= 11 is 0. The van der Waals surface area contributed by atoms with E-state index in [1.165, 1.54) is 7.11 Å². The molecule has 220 valence electrons. The number of anilines is 2. The molecule has 0 spiro atoms. The van der Waals surface area contributed by atoms with Crippen LogP contribution in [0.4, 0.5) is 11.5 Å². The highest BCUT2D eigenvalue weighted by Gasteiger charge is 2.14. The van der Waals surface area contributed by atoms with E-state index >= 15 is 0 Å². The van der Waals surface area contributed by atoms with Crippen LogP contribution in [-0.2, 0) is 9.53 Å². The summed E-state index contributed by atoms with van der Waals surface area (Å²) in [5.41, 5.74) is 1.49. The molecule has 5 rings (SSSR count). The van der Waals surface area contributed by atoms with E-state index in [1.54, 1.807) is 74.1 Å². The molecule has 1 aliphatic rings. The lowest BCUT2D eigenvalue weighted by molar-refractivity contribution is -0.111. The molecule has 0 saturated carbocycles. The second kappa shape index (κ2) is 14.1. The molecule has 0 radical (unpaired) electrons. The van der Waals surface area contributed by atoms with Crippen LogP contribution in [0.25, 0.3) is 10.9 Å². The number of ether oxygens (including phenoxy) is 4. The van der Waals surface area contributed by atoms with Gasteiger partial charge in [0.2, 0.25) is 0 Å². The first-order valence-corrected chi connectivity index (χ1v) is 13.7.